The summed E-state index contributed by atoms with van der Waals surface area (Å²) in [4.78, 5) is 2.39. The maximum atomic E-state index is 9.96. The maximum Gasteiger partial charge on any atom is 0.127 e. The lowest BCUT2D eigenvalue weighted by Gasteiger charge is -2.15. The van der Waals surface area contributed by atoms with Crippen LogP contribution in [0.4, 0.5) is 0 Å². The fraction of sp³-hybridized carbons (Fsp3) is 0.667. The van der Waals surface area contributed by atoms with Crippen molar-refractivity contribution < 1.29 is 5.11 Å². The highest BCUT2D eigenvalue weighted by molar-refractivity contribution is 5.39. The molecule has 3 atom stereocenters. The quantitative estimate of drug-likeness (QED) is 0.600. The zero-order valence-corrected chi connectivity index (χ0v) is 9.11. The van der Waals surface area contributed by atoms with Crippen molar-refractivity contribution >= 4 is 0 Å². The molecule has 0 aromatic carbocycles. The maximum absolute atomic E-state index is 9.96. The molecule has 3 nitrogen and oxygen atoms in total. The summed E-state index contributed by atoms with van der Waals surface area (Å²) in [5.41, 5.74) is 2.61. The third kappa shape index (κ3) is 1.46. The van der Waals surface area contributed by atoms with Crippen LogP contribution in [0.1, 0.15) is 6.42 Å². The fourth-order valence-corrected chi connectivity index (χ4v) is 3.20. The van der Waals surface area contributed by atoms with E-state index in [-0.39, 0.29) is 0 Å². The smallest absolute Gasteiger partial charge is 0.127 e. The molecule has 3 rings (SSSR count). The summed E-state index contributed by atoms with van der Waals surface area (Å²) >= 11 is 0. The molecule has 3 heteroatoms. The molecule has 0 aromatic heterocycles. The summed E-state index contributed by atoms with van der Waals surface area (Å²) < 4.78 is 0. The summed E-state index contributed by atoms with van der Waals surface area (Å²) in [6, 6.07) is 0. The zero-order chi connectivity index (χ0) is 10.4. The van der Waals surface area contributed by atoms with Crippen molar-refractivity contribution in [3.63, 3.8) is 0 Å². The first-order valence-corrected chi connectivity index (χ1v) is 5.75. The molecular weight excluding hydrogens is 188 g/mol. The summed E-state index contributed by atoms with van der Waals surface area (Å²) in [5.74, 6) is 1.30. The van der Waals surface area contributed by atoms with E-state index in [1.807, 2.05) is 0 Å². The molecule has 2 N–H and O–H groups in total. The number of nitrogens with one attached hydrogen (secondary N) is 1. The van der Waals surface area contributed by atoms with Gasteiger partial charge >= 0.3 is 0 Å². The summed E-state index contributed by atoms with van der Waals surface area (Å²) in [6.45, 7) is 3.23. The molecule has 3 aliphatic rings. The van der Waals surface area contributed by atoms with Gasteiger partial charge in [0.25, 0.3) is 0 Å². The van der Waals surface area contributed by atoms with Gasteiger partial charge in [-0.15, -0.1) is 0 Å². The topological polar surface area (TPSA) is 35.5 Å². The van der Waals surface area contributed by atoms with Crippen LogP contribution in [0, 0.1) is 11.8 Å². The van der Waals surface area contributed by atoms with Gasteiger partial charge in [-0.1, -0.05) is 12.2 Å². The normalized spacial score (nSPS) is 40.5. The SMILES string of the molecule is CN1CC2CNC(O)C3=C(C=CC3)C2C1. The van der Waals surface area contributed by atoms with E-state index in [1.54, 1.807) is 0 Å². The second-order valence-corrected chi connectivity index (χ2v) is 4.99. The molecule has 2 aliphatic heterocycles. The van der Waals surface area contributed by atoms with Crippen molar-refractivity contribution in [2.45, 2.75) is 12.6 Å². The first-order chi connectivity index (χ1) is 7.25. The Morgan fingerprint density at radius 3 is 3.20 bits per heavy atom. The molecule has 1 fully saturated rings. The third-order valence-corrected chi connectivity index (χ3v) is 3.93. The van der Waals surface area contributed by atoms with Crippen molar-refractivity contribution in [2.75, 3.05) is 26.7 Å². The van der Waals surface area contributed by atoms with E-state index in [2.05, 4.69) is 29.4 Å². The molecule has 0 bridgehead atoms. The molecule has 3 unspecified atom stereocenters. The minimum Gasteiger partial charge on any atom is -0.375 e. The number of nitrogens with zero attached hydrogens (tertiary/aromatic N) is 1. The molecule has 15 heavy (non-hydrogen) atoms. The number of hydrogen-bond donors (Lipinski definition) is 2. The largest absolute Gasteiger partial charge is 0.375 e. The van der Waals surface area contributed by atoms with Gasteiger partial charge in [0.1, 0.15) is 6.23 Å². The molecule has 0 radical (unpaired) electrons. The molecule has 1 saturated heterocycles. The second-order valence-electron chi connectivity index (χ2n) is 4.99. The Kier molecular flexibility index (Phi) is 2.20. The first kappa shape index (κ1) is 9.58. The van der Waals surface area contributed by atoms with Gasteiger partial charge in [0.2, 0.25) is 0 Å². The van der Waals surface area contributed by atoms with Crippen molar-refractivity contribution in [3.8, 4) is 0 Å². The van der Waals surface area contributed by atoms with Gasteiger partial charge < -0.3 is 10.0 Å². The van der Waals surface area contributed by atoms with Crippen LogP contribution >= 0.6 is 0 Å². The van der Waals surface area contributed by atoms with Crippen LogP contribution in [-0.2, 0) is 0 Å². The Balaban J connectivity index is 1.96. The molecular formula is C12H18N2O. The van der Waals surface area contributed by atoms with E-state index < -0.39 is 6.23 Å². The van der Waals surface area contributed by atoms with E-state index in [0.717, 1.165) is 26.1 Å². The fourth-order valence-electron chi connectivity index (χ4n) is 3.20. The van der Waals surface area contributed by atoms with Crippen LogP contribution in [0.2, 0.25) is 0 Å². The number of rotatable bonds is 0. The predicted molar refractivity (Wildman–Crippen MR) is 59.3 cm³/mol. The number of allylic oxidation sites excluding steroid dienone is 2. The molecule has 0 spiro atoms. The number of likely N-dealkylation sites (tertiary alicyclic amines) is 1. The van der Waals surface area contributed by atoms with Crippen molar-refractivity contribution in [2.24, 2.45) is 11.8 Å². The Hall–Kier alpha value is -0.640. The lowest BCUT2D eigenvalue weighted by Crippen LogP contribution is -2.34. The van der Waals surface area contributed by atoms with E-state index in [0.29, 0.717) is 11.8 Å². The van der Waals surface area contributed by atoms with Crippen LogP contribution in [0.25, 0.3) is 0 Å². The van der Waals surface area contributed by atoms with Crippen LogP contribution < -0.4 is 5.32 Å². The molecule has 0 saturated carbocycles. The second kappa shape index (κ2) is 3.44. The lowest BCUT2D eigenvalue weighted by atomic mass is 9.88. The number of fused-ring (bicyclic) bond motifs is 2. The minimum absolute atomic E-state index is 0.411. The van der Waals surface area contributed by atoms with E-state index >= 15 is 0 Å². The Morgan fingerprint density at radius 2 is 2.33 bits per heavy atom. The van der Waals surface area contributed by atoms with Crippen LogP contribution in [0.3, 0.4) is 0 Å². The van der Waals surface area contributed by atoms with Gasteiger partial charge in [0.15, 0.2) is 0 Å². The highest BCUT2D eigenvalue weighted by atomic mass is 16.3. The molecule has 0 aromatic rings. The average Bonchev–Trinajstić information content (AvgIpc) is 2.77. The van der Waals surface area contributed by atoms with Gasteiger partial charge in [0, 0.05) is 25.6 Å². The van der Waals surface area contributed by atoms with Gasteiger partial charge in [-0.05, 0) is 30.5 Å². The van der Waals surface area contributed by atoms with Crippen LogP contribution in [0.5, 0.6) is 0 Å². The minimum atomic E-state index is -0.411. The highest BCUT2D eigenvalue weighted by Crippen LogP contribution is 2.37. The van der Waals surface area contributed by atoms with Crippen molar-refractivity contribution in [1.29, 1.82) is 0 Å². The van der Waals surface area contributed by atoms with E-state index in [1.165, 1.54) is 11.1 Å². The number of hydrogen-bond acceptors (Lipinski definition) is 3. The van der Waals surface area contributed by atoms with Crippen molar-refractivity contribution in [1.82, 2.24) is 10.2 Å². The van der Waals surface area contributed by atoms with E-state index in [9.17, 15) is 5.11 Å². The van der Waals surface area contributed by atoms with Crippen LogP contribution in [-0.4, -0.2) is 42.9 Å². The van der Waals surface area contributed by atoms with Crippen LogP contribution in [0.15, 0.2) is 23.3 Å². The standard InChI is InChI=1S/C12H18N2O/c1-14-6-8-5-13-12(15)10-4-2-3-9(10)11(8)7-14/h2-3,8,11-13,15H,4-7H2,1H3. The lowest BCUT2D eigenvalue weighted by molar-refractivity contribution is 0.167. The first-order valence-electron chi connectivity index (χ1n) is 5.75. The predicted octanol–water partition coefficient (Wildman–Crippen LogP) is 0.342. The van der Waals surface area contributed by atoms with Gasteiger partial charge in [-0.2, -0.15) is 0 Å². The Labute approximate surface area is 90.5 Å². The summed E-state index contributed by atoms with van der Waals surface area (Å²) in [6.07, 6.45) is 4.92. The highest BCUT2D eigenvalue weighted by Gasteiger charge is 2.37. The third-order valence-electron chi connectivity index (χ3n) is 3.93. The average molecular weight is 206 g/mol. The zero-order valence-electron chi connectivity index (χ0n) is 9.11. The summed E-state index contributed by atoms with van der Waals surface area (Å²) in [7, 11) is 2.18. The molecule has 82 valence electrons. The van der Waals surface area contributed by atoms with Gasteiger partial charge in [-0.25, -0.2) is 0 Å². The molecule has 0 amide bonds. The summed E-state index contributed by atoms with van der Waals surface area (Å²) in [5, 5.41) is 13.2. The molecule has 2 heterocycles. The number of aliphatic hydroxyl groups is 1. The Morgan fingerprint density at radius 1 is 1.47 bits per heavy atom. The molecule has 1 aliphatic carbocycles. The van der Waals surface area contributed by atoms with Gasteiger partial charge in [-0.3, -0.25) is 5.32 Å². The van der Waals surface area contributed by atoms with Gasteiger partial charge in [0.05, 0.1) is 0 Å². The monoisotopic (exact) mass is 206 g/mol. The van der Waals surface area contributed by atoms with Crippen molar-refractivity contribution in [3.05, 3.63) is 23.3 Å². The van der Waals surface area contributed by atoms with E-state index in [4.69, 9.17) is 0 Å². The number of aliphatic hydroxyl groups excluding tert-OH is 1. The Bertz CT molecular complexity index is 335.